The van der Waals surface area contributed by atoms with E-state index in [2.05, 4.69) is 46.8 Å². The Morgan fingerprint density at radius 2 is 1.71 bits per heavy atom. The van der Waals surface area contributed by atoms with Crippen LogP contribution in [0.3, 0.4) is 0 Å². The second kappa shape index (κ2) is 6.06. The van der Waals surface area contributed by atoms with Gasteiger partial charge in [0.1, 0.15) is 5.82 Å². The molecule has 0 radical (unpaired) electrons. The molecule has 1 aromatic heterocycles. The van der Waals surface area contributed by atoms with Gasteiger partial charge in [0, 0.05) is 31.9 Å². The van der Waals surface area contributed by atoms with Gasteiger partial charge in [-0.3, -0.25) is 0 Å². The lowest BCUT2D eigenvalue weighted by Gasteiger charge is -2.36. The van der Waals surface area contributed by atoms with Crippen LogP contribution in [0, 0.1) is 19.7 Å². The van der Waals surface area contributed by atoms with Crippen LogP contribution in [0.5, 0.6) is 0 Å². The normalized spacial score (nSPS) is 15.3. The van der Waals surface area contributed by atoms with Crippen molar-refractivity contribution in [1.29, 1.82) is 0 Å². The summed E-state index contributed by atoms with van der Waals surface area (Å²) in [6.07, 6.45) is 0. The predicted octanol–water partition coefficient (Wildman–Crippen LogP) is 4.38. The second-order valence-electron chi connectivity index (χ2n) is 6.37. The third-order valence-corrected chi connectivity index (χ3v) is 5.67. The molecule has 3 aromatic rings. The molecule has 1 saturated heterocycles. The van der Waals surface area contributed by atoms with E-state index in [1.54, 1.807) is 23.5 Å². The van der Waals surface area contributed by atoms with Crippen molar-refractivity contribution in [3.05, 3.63) is 53.3 Å². The molecular formula is C19H20FN3S. The molecule has 2 heterocycles. The quantitative estimate of drug-likeness (QED) is 0.689. The Hall–Kier alpha value is -2.14. The van der Waals surface area contributed by atoms with Crippen LogP contribution in [-0.4, -0.2) is 31.2 Å². The maximum Gasteiger partial charge on any atom is 0.186 e. The summed E-state index contributed by atoms with van der Waals surface area (Å²) in [5.41, 5.74) is 4.84. The highest BCUT2D eigenvalue weighted by atomic mass is 32.1. The van der Waals surface area contributed by atoms with E-state index < -0.39 is 0 Å². The average Bonchev–Trinajstić information content (AvgIpc) is 3.00. The predicted molar refractivity (Wildman–Crippen MR) is 99.9 cm³/mol. The van der Waals surface area contributed by atoms with E-state index in [0.717, 1.165) is 41.5 Å². The molecule has 0 saturated carbocycles. The molecule has 0 spiro atoms. The van der Waals surface area contributed by atoms with Crippen LogP contribution < -0.4 is 9.80 Å². The lowest BCUT2D eigenvalue weighted by molar-refractivity contribution is 0.630. The number of aryl methyl sites for hydroxylation is 2. The maximum absolute atomic E-state index is 13.4. The summed E-state index contributed by atoms with van der Waals surface area (Å²) in [6.45, 7) is 8.15. The molecule has 4 rings (SSSR count). The van der Waals surface area contributed by atoms with Gasteiger partial charge in [-0.1, -0.05) is 23.5 Å². The van der Waals surface area contributed by atoms with Crippen molar-refractivity contribution in [2.45, 2.75) is 13.8 Å². The SMILES string of the molecule is Cc1ccc(C)c(N2CCN(c3nc4ccc(F)cc4s3)CC2)c1. The molecule has 124 valence electrons. The van der Waals surface area contributed by atoms with E-state index in [0.29, 0.717) is 0 Å². The zero-order valence-corrected chi connectivity index (χ0v) is 14.7. The molecule has 1 aliphatic heterocycles. The highest BCUT2D eigenvalue weighted by Gasteiger charge is 2.21. The minimum atomic E-state index is -0.197. The lowest BCUT2D eigenvalue weighted by atomic mass is 10.1. The molecule has 1 fully saturated rings. The average molecular weight is 341 g/mol. The fourth-order valence-electron chi connectivity index (χ4n) is 3.22. The van der Waals surface area contributed by atoms with Gasteiger partial charge in [-0.15, -0.1) is 0 Å². The first-order valence-electron chi connectivity index (χ1n) is 8.23. The molecule has 0 unspecified atom stereocenters. The van der Waals surface area contributed by atoms with Crippen LogP contribution >= 0.6 is 11.3 Å². The Balaban J connectivity index is 1.51. The standard InChI is InChI=1S/C19H20FN3S/c1-13-3-4-14(2)17(11-13)22-7-9-23(10-8-22)19-21-16-6-5-15(20)12-18(16)24-19/h3-6,11-12H,7-10H2,1-2H3. The molecular weight excluding hydrogens is 321 g/mol. The van der Waals surface area contributed by atoms with Crippen molar-refractivity contribution < 1.29 is 4.39 Å². The monoisotopic (exact) mass is 341 g/mol. The van der Waals surface area contributed by atoms with Gasteiger partial charge in [-0.05, 0) is 49.2 Å². The van der Waals surface area contributed by atoms with Crippen molar-refractivity contribution in [3.8, 4) is 0 Å². The molecule has 0 N–H and O–H groups in total. The van der Waals surface area contributed by atoms with Gasteiger partial charge in [-0.25, -0.2) is 9.37 Å². The summed E-state index contributed by atoms with van der Waals surface area (Å²) >= 11 is 1.58. The molecule has 0 aliphatic carbocycles. The first kappa shape index (κ1) is 15.4. The van der Waals surface area contributed by atoms with Gasteiger partial charge in [0.2, 0.25) is 0 Å². The van der Waals surface area contributed by atoms with Crippen molar-refractivity contribution >= 4 is 32.4 Å². The minimum Gasteiger partial charge on any atom is -0.368 e. The van der Waals surface area contributed by atoms with Gasteiger partial charge in [-0.2, -0.15) is 0 Å². The molecule has 0 amide bonds. The minimum absolute atomic E-state index is 0.197. The Kier molecular flexibility index (Phi) is 3.88. The first-order chi connectivity index (χ1) is 11.6. The summed E-state index contributed by atoms with van der Waals surface area (Å²) < 4.78 is 14.3. The van der Waals surface area contributed by atoms with E-state index in [1.165, 1.54) is 22.9 Å². The third-order valence-electron chi connectivity index (χ3n) is 4.59. The van der Waals surface area contributed by atoms with E-state index in [9.17, 15) is 4.39 Å². The van der Waals surface area contributed by atoms with E-state index in [1.807, 2.05) is 0 Å². The summed E-state index contributed by atoms with van der Waals surface area (Å²) in [6, 6.07) is 11.4. The summed E-state index contributed by atoms with van der Waals surface area (Å²) in [5, 5.41) is 0.996. The van der Waals surface area contributed by atoms with E-state index in [4.69, 9.17) is 0 Å². The lowest BCUT2D eigenvalue weighted by Crippen LogP contribution is -2.46. The maximum atomic E-state index is 13.4. The Bertz CT molecular complexity index is 881. The van der Waals surface area contributed by atoms with Gasteiger partial charge < -0.3 is 9.80 Å². The van der Waals surface area contributed by atoms with Crippen LogP contribution in [0.25, 0.3) is 10.2 Å². The first-order valence-corrected chi connectivity index (χ1v) is 9.05. The van der Waals surface area contributed by atoms with Crippen LogP contribution in [0.1, 0.15) is 11.1 Å². The molecule has 0 atom stereocenters. The summed E-state index contributed by atoms with van der Waals surface area (Å²) in [4.78, 5) is 9.43. The number of fused-ring (bicyclic) bond motifs is 1. The van der Waals surface area contributed by atoms with Gasteiger partial charge in [0.25, 0.3) is 0 Å². The largest absolute Gasteiger partial charge is 0.368 e. The fraction of sp³-hybridized carbons (Fsp3) is 0.316. The molecule has 0 bridgehead atoms. The smallest absolute Gasteiger partial charge is 0.186 e. The number of piperazine rings is 1. The number of halogens is 1. The topological polar surface area (TPSA) is 19.4 Å². The van der Waals surface area contributed by atoms with Crippen molar-refractivity contribution in [3.63, 3.8) is 0 Å². The summed E-state index contributed by atoms with van der Waals surface area (Å²) in [5.74, 6) is -0.197. The van der Waals surface area contributed by atoms with Gasteiger partial charge >= 0.3 is 0 Å². The van der Waals surface area contributed by atoms with Crippen LogP contribution in [0.15, 0.2) is 36.4 Å². The van der Waals surface area contributed by atoms with Gasteiger partial charge in [0.05, 0.1) is 10.2 Å². The zero-order valence-electron chi connectivity index (χ0n) is 13.9. The van der Waals surface area contributed by atoms with Crippen LogP contribution in [0.2, 0.25) is 0 Å². The molecule has 1 aliphatic rings. The molecule has 3 nitrogen and oxygen atoms in total. The van der Waals surface area contributed by atoms with E-state index in [-0.39, 0.29) is 5.82 Å². The molecule has 5 heteroatoms. The second-order valence-corrected chi connectivity index (χ2v) is 7.38. The van der Waals surface area contributed by atoms with Crippen molar-refractivity contribution in [1.82, 2.24) is 4.98 Å². The Morgan fingerprint density at radius 1 is 0.958 bits per heavy atom. The highest BCUT2D eigenvalue weighted by Crippen LogP contribution is 2.31. The number of hydrogen-bond donors (Lipinski definition) is 0. The number of benzene rings is 2. The summed E-state index contributed by atoms with van der Waals surface area (Å²) in [7, 11) is 0. The highest BCUT2D eigenvalue weighted by molar-refractivity contribution is 7.22. The molecule has 24 heavy (non-hydrogen) atoms. The number of aromatic nitrogens is 1. The molecule has 2 aromatic carbocycles. The number of nitrogens with zero attached hydrogens (tertiary/aromatic N) is 3. The van der Waals surface area contributed by atoms with Crippen molar-refractivity contribution in [2.75, 3.05) is 36.0 Å². The Labute approximate surface area is 145 Å². The Morgan fingerprint density at radius 3 is 2.50 bits per heavy atom. The number of thiazole rings is 1. The van der Waals surface area contributed by atoms with E-state index >= 15 is 0 Å². The zero-order chi connectivity index (χ0) is 16.7. The number of hydrogen-bond acceptors (Lipinski definition) is 4. The third kappa shape index (κ3) is 2.84. The van der Waals surface area contributed by atoms with Crippen LogP contribution in [0.4, 0.5) is 15.2 Å². The number of anilines is 2. The fourth-order valence-corrected chi connectivity index (χ4v) is 4.26. The van der Waals surface area contributed by atoms with Crippen LogP contribution in [-0.2, 0) is 0 Å². The van der Waals surface area contributed by atoms with Gasteiger partial charge in [0.15, 0.2) is 5.13 Å². The van der Waals surface area contributed by atoms with Crippen molar-refractivity contribution in [2.24, 2.45) is 0 Å². The number of rotatable bonds is 2.